The number of rotatable bonds is 4. The van der Waals surface area contributed by atoms with Crippen LogP contribution in [0.5, 0.6) is 17.4 Å². The fraction of sp³-hybridized carbons (Fsp3) is 0.111. The standard InChI is InChI=1S/C27H21N3O3/c1-31-22-11-5-4-10-20(22)23-21-13-12-17-7-2-3-9-19(17)25(21)33-27-24(23)26(28)30(16-29-27)15-18-8-6-14-32-18/h2-14,16,23,28H,15H2,1H3. The van der Waals surface area contributed by atoms with Crippen molar-refractivity contribution in [1.29, 1.82) is 5.41 Å². The van der Waals surface area contributed by atoms with Gasteiger partial charge in [-0.15, -0.1) is 0 Å². The molecule has 0 saturated carbocycles. The van der Waals surface area contributed by atoms with Crippen molar-refractivity contribution in [2.45, 2.75) is 12.5 Å². The van der Waals surface area contributed by atoms with Crippen LogP contribution in [0.1, 0.15) is 28.4 Å². The van der Waals surface area contributed by atoms with Gasteiger partial charge in [0.15, 0.2) is 0 Å². The molecule has 1 aliphatic rings. The Labute approximate surface area is 190 Å². The largest absolute Gasteiger partial charge is 0.496 e. The number of para-hydroxylation sites is 1. The molecule has 0 radical (unpaired) electrons. The maximum absolute atomic E-state index is 9.10. The zero-order chi connectivity index (χ0) is 22.4. The van der Waals surface area contributed by atoms with Crippen molar-refractivity contribution in [3.8, 4) is 17.4 Å². The minimum Gasteiger partial charge on any atom is -0.496 e. The molecule has 5 aromatic rings. The van der Waals surface area contributed by atoms with Crippen LogP contribution >= 0.6 is 0 Å². The van der Waals surface area contributed by atoms with Crippen LogP contribution in [0, 0.1) is 5.41 Å². The fourth-order valence-electron chi connectivity index (χ4n) is 4.62. The second-order valence-electron chi connectivity index (χ2n) is 8.00. The van der Waals surface area contributed by atoms with E-state index >= 15 is 0 Å². The third-order valence-electron chi connectivity index (χ3n) is 6.15. The van der Waals surface area contributed by atoms with Crippen molar-refractivity contribution in [3.05, 3.63) is 113 Å². The highest BCUT2D eigenvalue weighted by Crippen LogP contribution is 2.49. The Morgan fingerprint density at radius 3 is 2.67 bits per heavy atom. The molecule has 0 saturated heterocycles. The maximum Gasteiger partial charge on any atom is 0.228 e. The Morgan fingerprint density at radius 1 is 0.970 bits per heavy atom. The third-order valence-corrected chi connectivity index (χ3v) is 6.15. The number of nitrogens with zero attached hydrogens (tertiary/aromatic N) is 2. The second-order valence-corrected chi connectivity index (χ2v) is 8.00. The summed E-state index contributed by atoms with van der Waals surface area (Å²) in [5.74, 6) is 2.46. The second kappa shape index (κ2) is 7.67. The number of fused-ring (bicyclic) bond motifs is 4. The topological polar surface area (TPSA) is 73.3 Å². The molecule has 6 rings (SSSR count). The van der Waals surface area contributed by atoms with Gasteiger partial charge in [-0.1, -0.05) is 54.6 Å². The highest BCUT2D eigenvalue weighted by molar-refractivity contribution is 5.91. The van der Waals surface area contributed by atoms with Gasteiger partial charge < -0.3 is 18.5 Å². The lowest BCUT2D eigenvalue weighted by Crippen LogP contribution is -2.30. The average Bonchev–Trinajstić information content (AvgIpc) is 3.38. The Hall–Kier alpha value is -4.32. The van der Waals surface area contributed by atoms with Crippen molar-refractivity contribution >= 4 is 10.8 Å². The van der Waals surface area contributed by atoms with E-state index in [1.165, 1.54) is 0 Å². The highest BCUT2D eigenvalue weighted by atomic mass is 16.5. The molecular formula is C27H21N3O3. The molecule has 0 spiro atoms. The van der Waals surface area contributed by atoms with E-state index < -0.39 is 0 Å². The summed E-state index contributed by atoms with van der Waals surface area (Å²) in [4.78, 5) is 4.64. The normalized spacial score (nSPS) is 14.4. The van der Waals surface area contributed by atoms with E-state index in [1.807, 2.05) is 48.5 Å². The lowest BCUT2D eigenvalue weighted by Gasteiger charge is -2.30. The molecule has 33 heavy (non-hydrogen) atoms. The molecule has 0 aliphatic carbocycles. The minimum atomic E-state index is -0.270. The quantitative estimate of drug-likeness (QED) is 0.400. The summed E-state index contributed by atoms with van der Waals surface area (Å²) in [7, 11) is 1.67. The predicted molar refractivity (Wildman–Crippen MR) is 124 cm³/mol. The van der Waals surface area contributed by atoms with Crippen molar-refractivity contribution in [1.82, 2.24) is 9.55 Å². The van der Waals surface area contributed by atoms with E-state index in [1.54, 1.807) is 24.3 Å². The van der Waals surface area contributed by atoms with Gasteiger partial charge in [0.1, 0.15) is 29.1 Å². The van der Waals surface area contributed by atoms with Gasteiger partial charge in [0, 0.05) is 16.5 Å². The highest BCUT2D eigenvalue weighted by Gasteiger charge is 2.34. The summed E-state index contributed by atoms with van der Waals surface area (Å²) in [6, 6.07) is 24.0. The fourth-order valence-corrected chi connectivity index (χ4v) is 4.62. The Kier molecular flexibility index (Phi) is 4.50. The van der Waals surface area contributed by atoms with Crippen LogP contribution in [0.25, 0.3) is 10.8 Å². The summed E-state index contributed by atoms with van der Waals surface area (Å²) < 4.78 is 19.4. The molecule has 2 aromatic heterocycles. The van der Waals surface area contributed by atoms with Crippen molar-refractivity contribution < 1.29 is 13.9 Å². The van der Waals surface area contributed by atoms with Crippen LogP contribution in [-0.4, -0.2) is 16.7 Å². The van der Waals surface area contributed by atoms with Crippen LogP contribution in [-0.2, 0) is 6.54 Å². The molecule has 3 aromatic carbocycles. The lowest BCUT2D eigenvalue weighted by molar-refractivity contribution is 0.401. The monoisotopic (exact) mass is 435 g/mol. The number of hydrogen-bond donors (Lipinski definition) is 1. The molecule has 1 aliphatic heterocycles. The minimum absolute atomic E-state index is 0.270. The van der Waals surface area contributed by atoms with Gasteiger partial charge in [0.2, 0.25) is 5.88 Å². The van der Waals surface area contributed by atoms with Crippen molar-refractivity contribution in [2.75, 3.05) is 7.11 Å². The molecule has 6 nitrogen and oxygen atoms in total. The van der Waals surface area contributed by atoms with Gasteiger partial charge in [-0.3, -0.25) is 5.41 Å². The number of hydrogen-bond acceptors (Lipinski definition) is 5. The first-order valence-corrected chi connectivity index (χ1v) is 10.7. The van der Waals surface area contributed by atoms with Crippen LogP contribution in [0.2, 0.25) is 0 Å². The molecular weight excluding hydrogens is 414 g/mol. The maximum atomic E-state index is 9.10. The number of nitrogens with one attached hydrogen (secondary N) is 1. The van der Waals surface area contributed by atoms with Crippen LogP contribution < -0.4 is 15.0 Å². The zero-order valence-electron chi connectivity index (χ0n) is 18.0. The van der Waals surface area contributed by atoms with Gasteiger partial charge >= 0.3 is 0 Å². The van der Waals surface area contributed by atoms with Crippen LogP contribution in [0.3, 0.4) is 0 Å². The molecule has 162 valence electrons. The first kappa shape index (κ1) is 19.4. The summed E-state index contributed by atoms with van der Waals surface area (Å²) in [6.07, 6.45) is 3.27. The molecule has 0 amide bonds. The first-order valence-electron chi connectivity index (χ1n) is 10.7. The summed E-state index contributed by atoms with van der Waals surface area (Å²) >= 11 is 0. The predicted octanol–water partition coefficient (Wildman–Crippen LogP) is 5.45. The molecule has 0 fully saturated rings. The van der Waals surface area contributed by atoms with Crippen molar-refractivity contribution in [3.63, 3.8) is 0 Å². The average molecular weight is 435 g/mol. The smallest absolute Gasteiger partial charge is 0.228 e. The Morgan fingerprint density at radius 2 is 1.82 bits per heavy atom. The number of benzene rings is 3. The van der Waals surface area contributed by atoms with E-state index in [0.717, 1.165) is 39.2 Å². The number of ether oxygens (including phenoxy) is 2. The van der Waals surface area contributed by atoms with E-state index in [9.17, 15) is 0 Å². The van der Waals surface area contributed by atoms with E-state index in [4.69, 9.17) is 19.3 Å². The Balaban J connectivity index is 1.62. The third kappa shape index (κ3) is 3.10. The Bertz CT molecular complexity index is 1540. The SMILES string of the molecule is COc1ccccc1C1c2ccc3ccccc3c2Oc2ncn(Cc3ccco3)c(=N)c21. The number of furan rings is 1. The van der Waals surface area contributed by atoms with E-state index in [0.29, 0.717) is 23.5 Å². The zero-order valence-corrected chi connectivity index (χ0v) is 18.0. The molecule has 3 heterocycles. The van der Waals surface area contributed by atoms with Gasteiger partial charge in [0.05, 0.1) is 31.4 Å². The first-order chi connectivity index (χ1) is 16.2. The van der Waals surface area contributed by atoms with E-state index in [-0.39, 0.29) is 5.92 Å². The molecule has 1 atom stereocenters. The molecule has 0 bridgehead atoms. The summed E-state index contributed by atoms with van der Waals surface area (Å²) in [6.45, 7) is 0.412. The number of aromatic nitrogens is 2. The van der Waals surface area contributed by atoms with E-state index in [2.05, 4.69) is 29.2 Å². The number of methoxy groups -OCH3 is 1. The lowest BCUT2D eigenvalue weighted by atomic mass is 9.82. The van der Waals surface area contributed by atoms with Gasteiger partial charge in [0.25, 0.3) is 0 Å². The molecule has 1 unspecified atom stereocenters. The van der Waals surface area contributed by atoms with Crippen molar-refractivity contribution in [2.24, 2.45) is 0 Å². The van der Waals surface area contributed by atoms with Gasteiger partial charge in [-0.2, -0.15) is 0 Å². The van der Waals surface area contributed by atoms with Gasteiger partial charge in [-0.05, 0) is 23.6 Å². The summed E-state index contributed by atoms with van der Waals surface area (Å²) in [5, 5.41) is 11.2. The van der Waals surface area contributed by atoms with Crippen LogP contribution in [0.15, 0.2) is 89.8 Å². The van der Waals surface area contributed by atoms with Gasteiger partial charge in [-0.25, -0.2) is 4.98 Å². The van der Waals surface area contributed by atoms with Crippen LogP contribution in [0.4, 0.5) is 0 Å². The molecule has 1 N–H and O–H groups in total. The molecule has 6 heteroatoms. The summed E-state index contributed by atoms with van der Waals surface area (Å²) in [5.41, 5.74) is 2.98.